The Kier molecular flexibility index (Phi) is 6.37. The van der Waals surface area contributed by atoms with Gasteiger partial charge in [0.2, 0.25) is 0 Å². The summed E-state index contributed by atoms with van der Waals surface area (Å²) >= 11 is 1.58. The van der Waals surface area contributed by atoms with Gasteiger partial charge in [0.15, 0.2) is 0 Å². The first-order valence-corrected chi connectivity index (χ1v) is 6.83. The molecule has 1 aromatic rings. The van der Waals surface area contributed by atoms with Crippen molar-refractivity contribution in [2.75, 3.05) is 24.7 Å². The molecule has 0 unspecified atom stereocenters. The maximum atomic E-state index is 13.1. The lowest BCUT2D eigenvalue weighted by molar-refractivity contribution is 0.138. The average molecular weight is 257 g/mol. The summed E-state index contributed by atoms with van der Waals surface area (Å²) in [5.41, 5.74) is 5.60. The predicted molar refractivity (Wildman–Crippen MR) is 71.8 cm³/mol. The van der Waals surface area contributed by atoms with E-state index in [1.54, 1.807) is 17.8 Å². The number of rotatable bonds is 7. The third kappa shape index (κ3) is 5.94. The summed E-state index contributed by atoms with van der Waals surface area (Å²) in [4.78, 5) is 0.893. The van der Waals surface area contributed by atoms with Crippen LogP contribution in [0.2, 0.25) is 0 Å². The number of nitrogens with two attached hydrogens (primary N) is 1. The van der Waals surface area contributed by atoms with Gasteiger partial charge in [0.25, 0.3) is 0 Å². The van der Waals surface area contributed by atoms with Crippen molar-refractivity contribution in [2.24, 2.45) is 5.92 Å². The van der Waals surface area contributed by atoms with Gasteiger partial charge in [-0.2, -0.15) is 0 Å². The third-order valence-corrected chi connectivity index (χ3v) is 3.27. The Bertz CT molecular complexity index is 344. The molecule has 0 amide bonds. The summed E-state index contributed by atoms with van der Waals surface area (Å²) in [5, 5.41) is 0. The smallest absolute Gasteiger partial charge is 0.147 e. The van der Waals surface area contributed by atoms with Crippen LogP contribution in [0.4, 0.5) is 10.1 Å². The minimum absolute atomic E-state index is 0.197. The van der Waals surface area contributed by atoms with Crippen LogP contribution in [-0.4, -0.2) is 19.0 Å². The van der Waals surface area contributed by atoms with Crippen LogP contribution in [0.1, 0.15) is 20.3 Å². The number of benzene rings is 1. The highest BCUT2D eigenvalue weighted by Crippen LogP contribution is 2.21. The van der Waals surface area contributed by atoms with Crippen molar-refractivity contribution in [2.45, 2.75) is 25.2 Å². The molecule has 0 fully saturated rings. The van der Waals surface area contributed by atoms with E-state index in [-0.39, 0.29) is 11.5 Å². The molecule has 0 aliphatic carbocycles. The Morgan fingerprint density at radius 1 is 1.35 bits per heavy atom. The fourth-order valence-corrected chi connectivity index (χ4v) is 2.03. The first-order valence-electron chi connectivity index (χ1n) is 5.85. The van der Waals surface area contributed by atoms with E-state index in [9.17, 15) is 4.39 Å². The molecule has 96 valence electrons. The van der Waals surface area contributed by atoms with Gasteiger partial charge in [0.05, 0.1) is 12.3 Å². The second kappa shape index (κ2) is 7.56. The molecule has 2 N–H and O–H groups in total. The van der Waals surface area contributed by atoms with E-state index in [2.05, 4.69) is 13.8 Å². The van der Waals surface area contributed by atoms with Crippen LogP contribution in [0.25, 0.3) is 0 Å². The van der Waals surface area contributed by atoms with Gasteiger partial charge in [-0.05, 0) is 30.5 Å². The molecule has 0 aromatic heterocycles. The molecule has 0 spiro atoms. The largest absolute Gasteiger partial charge is 0.396 e. The van der Waals surface area contributed by atoms with Gasteiger partial charge in [0, 0.05) is 17.3 Å². The molecule has 4 heteroatoms. The number of ether oxygens (including phenoxy) is 1. The van der Waals surface area contributed by atoms with Gasteiger partial charge in [-0.3, -0.25) is 0 Å². The highest BCUT2D eigenvalue weighted by atomic mass is 32.2. The van der Waals surface area contributed by atoms with E-state index in [1.165, 1.54) is 6.07 Å². The molecular weight excluding hydrogens is 237 g/mol. The minimum atomic E-state index is -0.351. The SMILES string of the molecule is CC(C)CCOCCSc1ccc(N)c(F)c1. The quantitative estimate of drug-likeness (QED) is 0.461. The maximum Gasteiger partial charge on any atom is 0.147 e. The van der Waals surface area contributed by atoms with Crippen molar-refractivity contribution in [3.63, 3.8) is 0 Å². The van der Waals surface area contributed by atoms with Crippen molar-refractivity contribution >= 4 is 17.4 Å². The summed E-state index contributed by atoms with van der Waals surface area (Å²) in [6, 6.07) is 4.89. The summed E-state index contributed by atoms with van der Waals surface area (Å²) in [7, 11) is 0. The average Bonchev–Trinajstić information content (AvgIpc) is 2.27. The summed E-state index contributed by atoms with van der Waals surface area (Å²) in [6.07, 6.45) is 1.08. The van der Waals surface area contributed by atoms with Crippen molar-refractivity contribution < 1.29 is 9.13 Å². The van der Waals surface area contributed by atoms with Crippen LogP contribution in [0, 0.1) is 11.7 Å². The van der Waals surface area contributed by atoms with Crippen LogP contribution in [0.15, 0.2) is 23.1 Å². The number of halogens is 1. The van der Waals surface area contributed by atoms with Gasteiger partial charge >= 0.3 is 0 Å². The van der Waals surface area contributed by atoms with E-state index in [4.69, 9.17) is 10.5 Å². The van der Waals surface area contributed by atoms with Gasteiger partial charge in [0.1, 0.15) is 5.82 Å². The maximum absolute atomic E-state index is 13.1. The van der Waals surface area contributed by atoms with Crippen molar-refractivity contribution in [3.8, 4) is 0 Å². The second-order valence-corrected chi connectivity index (χ2v) is 5.50. The van der Waals surface area contributed by atoms with Crippen LogP contribution in [0.3, 0.4) is 0 Å². The summed E-state index contributed by atoms with van der Waals surface area (Å²) < 4.78 is 18.6. The van der Waals surface area contributed by atoms with Crippen LogP contribution in [0.5, 0.6) is 0 Å². The Labute approximate surface area is 107 Å². The van der Waals surface area contributed by atoms with Crippen molar-refractivity contribution in [3.05, 3.63) is 24.0 Å². The molecule has 0 bridgehead atoms. The molecule has 0 aliphatic heterocycles. The number of hydrogen-bond acceptors (Lipinski definition) is 3. The van der Waals surface area contributed by atoms with Gasteiger partial charge < -0.3 is 10.5 Å². The number of anilines is 1. The fourth-order valence-electron chi connectivity index (χ4n) is 1.24. The zero-order valence-electron chi connectivity index (χ0n) is 10.4. The Balaban J connectivity index is 2.16. The van der Waals surface area contributed by atoms with Crippen molar-refractivity contribution in [1.82, 2.24) is 0 Å². The zero-order chi connectivity index (χ0) is 12.7. The Morgan fingerprint density at radius 3 is 2.76 bits per heavy atom. The van der Waals surface area contributed by atoms with E-state index in [0.29, 0.717) is 12.5 Å². The van der Waals surface area contributed by atoms with Crippen LogP contribution < -0.4 is 5.73 Å². The molecule has 17 heavy (non-hydrogen) atoms. The lowest BCUT2D eigenvalue weighted by Gasteiger charge is -2.06. The molecule has 1 aromatic carbocycles. The van der Waals surface area contributed by atoms with Crippen LogP contribution in [-0.2, 0) is 4.74 Å². The number of thioether (sulfide) groups is 1. The first-order chi connectivity index (χ1) is 8.09. The van der Waals surface area contributed by atoms with Gasteiger partial charge in [-0.15, -0.1) is 11.8 Å². The van der Waals surface area contributed by atoms with E-state index < -0.39 is 0 Å². The lowest BCUT2D eigenvalue weighted by atomic mass is 10.1. The van der Waals surface area contributed by atoms with E-state index >= 15 is 0 Å². The molecule has 0 radical (unpaired) electrons. The second-order valence-electron chi connectivity index (χ2n) is 4.33. The molecule has 2 nitrogen and oxygen atoms in total. The molecular formula is C13H20FNOS. The summed E-state index contributed by atoms with van der Waals surface area (Å²) in [5.74, 6) is 1.16. The monoisotopic (exact) mass is 257 g/mol. The Morgan fingerprint density at radius 2 is 2.12 bits per heavy atom. The van der Waals surface area contributed by atoms with Gasteiger partial charge in [-0.1, -0.05) is 13.8 Å². The molecule has 0 atom stereocenters. The molecule has 0 saturated heterocycles. The van der Waals surface area contributed by atoms with E-state index in [1.807, 2.05) is 6.07 Å². The minimum Gasteiger partial charge on any atom is -0.396 e. The fraction of sp³-hybridized carbons (Fsp3) is 0.538. The molecule has 1 rings (SSSR count). The third-order valence-electron chi connectivity index (χ3n) is 2.31. The topological polar surface area (TPSA) is 35.2 Å². The van der Waals surface area contributed by atoms with Crippen molar-refractivity contribution in [1.29, 1.82) is 0 Å². The number of hydrogen-bond donors (Lipinski definition) is 1. The molecule has 0 saturated carbocycles. The summed E-state index contributed by atoms with van der Waals surface area (Å²) in [6.45, 7) is 5.85. The first kappa shape index (κ1) is 14.3. The zero-order valence-corrected chi connectivity index (χ0v) is 11.2. The number of nitrogen functional groups attached to an aromatic ring is 1. The Hall–Kier alpha value is -0.740. The van der Waals surface area contributed by atoms with Crippen LogP contribution >= 0.6 is 11.8 Å². The normalized spacial score (nSPS) is 11.1. The standard InChI is InChI=1S/C13H20FNOS/c1-10(2)5-6-16-7-8-17-11-3-4-13(15)12(14)9-11/h3-4,9-10H,5-8,15H2,1-2H3. The highest BCUT2D eigenvalue weighted by molar-refractivity contribution is 7.99. The predicted octanol–water partition coefficient (Wildman–Crippen LogP) is 3.56. The highest BCUT2D eigenvalue weighted by Gasteiger charge is 2.00. The molecule has 0 heterocycles. The lowest BCUT2D eigenvalue weighted by Crippen LogP contribution is -2.02. The van der Waals surface area contributed by atoms with E-state index in [0.717, 1.165) is 23.7 Å². The van der Waals surface area contributed by atoms with Gasteiger partial charge in [-0.25, -0.2) is 4.39 Å². The molecule has 0 aliphatic rings.